The van der Waals surface area contributed by atoms with Crippen molar-refractivity contribution >= 4 is 28.2 Å². The van der Waals surface area contributed by atoms with Crippen molar-refractivity contribution in [2.45, 2.75) is 38.2 Å². The van der Waals surface area contributed by atoms with Gasteiger partial charge in [-0.3, -0.25) is 9.78 Å². The molecule has 8 nitrogen and oxygen atoms in total. The Balaban J connectivity index is 1.42. The fraction of sp³-hybridized carbons (Fsp3) is 0.467. The standard InChI is InChI=1S/C30H37F3N4O4/c1-36(2)25-18-35-24-5-4-20(41-3)16-21(24)28(25)26(38)6-7-30(17-27(39)40)8-11-37(12-9-30)13-10-34-19-14-22(31)29(33)23(32)15-19/h4-5,14-16,18,26,34,38H,6-13,17H2,1-3H3,(H,39,40). The smallest absolute Gasteiger partial charge is 0.303 e. The zero-order chi connectivity index (χ0) is 29.7. The van der Waals surface area contributed by atoms with E-state index in [2.05, 4.69) is 15.2 Å². The highest BCUT2D eigenvalue weighted by molar-refractivity contribution is 5.88. The van der Waals surface area contributed by atoms with Crippen molar-refractivity contribution in [3.8, 4) is 5.75 Å². The van der Waals surface area contributed by atoms with Crippen LogP contribution in [0.15, 0.2) is 36.5 Å². The number of aliphatic hydroxyl groups is 1. The van der Waals surface area contributed by atoms with Crippen molar-refractivity contribution in [1.29, 1.82) is 0 Å². The highest BCUT2D eigenvalue weighted by Crippen LogP contribution is 2.43. The topological polar surface area (TPSA) is 98.2 Å². The molecule has 3 aromatic rings. The van der Waals surface area contributed by atoms with E-state index in [0.717, 1.165) is 34.3 Å². The van der Waals surface area contributed by atoms with Gasteiger partial charge < -0.3 is 30.1 Å². The van der Waals surface area contributed by atoms with E-state index in [0.29, 0.717) is 57.6 Å². The van der Waals surface area contributed by atoms with Gasteiger partial charge in [0.2, 0.25) is 0 Å². The third kappa shape index (κ3) is 7.20. The minimum absolute atomic E-state index is 0.00535. The molecule has 1 saturated heterocycles. The number of aliphatic carboxylic acids is 1. The van der Waals surface area contributed by atoms with Gasteiger partial charge in [-0.25, -0.2) is 13.2 Å². The summed E-state index contributed by atoms with van der Waals surface area (Å²) in [6, 6.07) is 7.37. The van der Waals surface area contributed by atoms with Crippen molar-refractivity contribution in [1.82, 2.24) is 9.88 Å². The number of aliphatic hydroxyl groups excluding tert-OH is 1. The first-order valence-electron chi connectivity index (χ1n) is 13.7. The molecule has 41 heavy (non-hydrogen) atoms. The summed E-state index contributed by atoms with van der Waals surface area (Å²) < 4.78 is 45.6. The second kappa shape index (κ2) is 12.9. The third-order valence-electron chi connectivity index (χ3n) is 8.04. The second-order valence-corrected chi connectivity index (χ2v) is 11.0. The molecule has 1 aliphatic rings. The number of nitrogens with one attached hydrogen (secondary N) is 1. The fourth-order valence-corrected chi connectivity index (χ4v) is 5.71. The Kier molecular flexibility index (Phi) is 9.60. The summed E-state index contributed by atoms with van der Waals surface area (Å²) in [6.45, 7) is 2.26. The Bertz CT molecular complexity index is 1360. The van der Waals surface area contributed by atoms with Crippen LogP contribution in [0, 0.1) is 22.9 Å². The molecule has 1 fully saturated rings. The lowest BCUT2D eigenvalue weighted by Gasteiger charge is -2.41. The Morgan fingerprint density at radius 3 is 2.46 bits per heavy atom. The molecular weight excluding hydrogens is 537 g/mol. The number of hydrogen-bond donors (Lipinski definition) is 3. The highest BCUT2D eigenvalue weighted by atomic mass is 19.2. The average Bonchev–Trinajstić information content (AvgIpc) is 2.94. The summed E-state index contributed by atoms with van der Waals surface area (Å²) in [7, 11) is 5.36. The highest BCUT2D eigenvalue weighted by Gasteiger charge is 2.37. The van der Waals surface area contributed by atoms with Crippen LogP contribution in [0.3, 0.4) is 0 Å². The number of rotatable bonds is 12. The second-order valence-electron chi connectivity index (χ2n) is 11.0. The maximum atomic E-state index is 13.5. The molecule has 0 aliphatic carbocycles. The van der Waals surface area contributed by atoms with Gasteiger partial charge in [0, 0.05) is 56.0 Å². The third-order valence-corrected chi connectivity index (χ3v) is 8.04. The van der Waals surface area contributed by atoms with Crippen molar-refractivity contribution < 1.29 is 32.9 Å². The zero-order valence-corrected chi connectivity index (χ0v) is 23.6. The first-order valence-corrected chi connectivity index (χ1v) is 13.7. The summed E-state index contributed by atoms with van der Waals surface area (Å²) in [5, 5.41) is 24.9. The van der Waals surface area contributed by atoms with Gasteiger partial charge >= 0.3 is 5.97 Å². The number of piperidine rings is 1. The van der Waals surface area contributed by atoms with Crippen LogP contribution < -0.4 is 15.0 Å². The van der Waals surface area contributed by atoms with E-state index in [-0.39, 0.29) is 12.1 Å². The van der Waals surface area contributed by atoms with E-state index < -0.39 is 34.9 Å². The number of ether oxygens (including phenoxy) is 1. The molecule has 1 atom stereocenters. The lowest BCUT2D eigenvalue weighted by molar-refractivity contribution is -0.141. The quantitative estimate of drug-likeness (QED) is 0.254. The average molecular weight is 575 g/mol. The predicted molar refractivity (Wildman–Crippen MR) is 152 cm³/mol. The number of hydrogen-bond acceptors (Lipinski definition) is 7. The van der Waals surface area contributed by atoms with Crippen molar-refractivity contribution in [3.63, 3.8) is 0 Å². The predicted octanol–water partition coefficient (Wildman–Crippen LogP) is 5.21. The lowest BCUT2D eigenvalue weighted by Crippen LogP contribution is -2.43. The van der Waals surface area contributed by atoms with Gasteiger partial charge in [0.25, 0.3) is 0 Å². The largest absolute Gasteiger partial charge is 0.497 e. The Hall–Kier alpha value is -3.57. The summed E-state index contributed by atoms with van der Waals surface area (Å²) in [6.07, 6.45) is 3.09. The van der Waals surface area contributed by atoms with Crippen LogP contribution in [0.2, 0.25) is 0 Å². The number of fused-ring (bicyclic) bond motifs is 1. The summed E-state index contributed by atoms with van der Waals surface area (Å²) >= 11 is 0. The van der Waals surface area contributed by atoms with E-state index in [1.54, 1.807) is 13.3 Å². The zero-order valence-electron chi connectivity index (χ0n) is 23.6. The molecule has 2 aromatic carbocycles. The SMILES string of the molecule is COc1ccc2ncc(N(C)C)c(C(O)CCC3(CC(=O)O)CCN(CCNc4cc(F)c(F)c(F)c4)CC3)c2c1. The molecule has 1 unspecified atom stereocenters. The number of carbonyl (C=O) groups is 1. The molecule has 0 spiro atoms. The van der Waals surface area contributed by atoms with Crippen LogP contribution in [0.1, 0.15) is 43.8 Å². The summed E-state index contributed by atoms with van der Waals surface area (Å²) in [4.78, 5) is 20.5. The van der Waals surface area contributed by atoms with Gasteiger partial charge in [0.15, 0.2) is 17.5 Å². The van der Waals surface area contributed by atoms with E-state index in [4.69, 9.17) is 4.74 Å². The molecule has 2 heterocycles. The number of aromatic nitrogens is 1. The van der Waals surface area contributed by atoms with E-state index in [1.807, 2.05) is 37.2 Å². The number of halogens is 3. The minimum Gasteiger partial charge on any atom is -0.497 e. The van der Waals surface area contributed by atoms with Crippen LogP contribution in [0.25, 0.3) is 10.9 Å². The number of anilines is 2. The van der Waals surface area contributed by atoms with Gasteiger partial charge in [0.1, 0.15) is 5.75 Å². The maximum Gasteiger partial charge on any atom is 0.303 e. The molecule has 0 bridgehead atoms. The fourth-order valence-electron chi connectivity index (χ4n) is 5.71. The summed E-state index contributed by atoms with van der Waals surface area (Å²) in [5.74, 6) is -4.21. The molecule has 1 aromatic heterocycles. The molecule has 11 heteroatoms. The number of benzene rings is 2. The normalized spacial score (nSPS) is 16.0. The molecule has 4 rings (SSSR count). The number of nitrogens with zero attached hydrogens (tertiary/aromatic N) is 3. The van der Waals surface area contributed by atoms with Gasteiger partial charge in [-0.05, 0) is 62.4 Å². The van der Waals surface area contributed by atoms with Crippen molar-refractivity contribution in [3.05, 3.63) is 59.5 Å². The Labute approximate surface area is 237 Å². The maximum absolute atomic E-state index is 13.5. The number of methoxy groups -OCH3 is 1. The number of likely N-dealkylation sites (tertiary alicyclic amines) is 1. The Morgan fingerprint density at radius 2 is 1.85 bits per heavy atom. The molecule has 222 valence electrons. The molecule has 3 N–H and O–H groups in total. The number of carboxylic acid groups (broad SMARTS) is 1. The monoisotopic (exact) mass is 574 g/mol. The van der Waals surface area contributed by atoms with Crippen molar-refractivity contribution in [2.24, 2.45) is 5.41 Å². The van der Waals surface area contributed by atoms with E-state index >= 15 is 0 Å². The van der Waals surface area contributed by atoms with Gasteiger partial charge in [-0.15, -0.1) is 0 Å². The molecule has 0 saturated carbocycles. The molecular formula is C30H37F3N4O4. The van der Waals surface area contributed by atoms with E-state index in [9.17, 15) is 28.2 Å². The van der Waals surface area contributed by atoms with Crippen LogP contribution in [-0.2, 0) is 4.79 Å². The van der Waals surface area contributed by atoms with Crippen molar-refractivity contribution in [2.75, 3.05) is 57.6 Å². The lowest BCUT2D eigenvalue weighted by atomic mass is 9.71. The van der Waals surface area contributed by atoms with Crippen LogP contribution in [0.5, 0.6) is 5.75 Å². The molecule has 0 radical (unpaired) electrons. The van der Waals surface area contributed by atoms with E-state index in [1.165, 1.54) is 0 Å². The number of carboxylic acids is 1. The first kappa shape index (κ1) is 30.4. The first-order chi connectivity index (χ1) is 19.5. The molecule has 1 aliphatic heterocycles. The van der Waals surface area contributed by atoms with Gasteiger partial charge in [-0.2, -0.15) is 0 Å². The molecule has 0 amide bonds. The summed E-state index contributed by atoms with van der Waals surface area (Å²) in [5.41, 5.74) is 1.94. The van der Waals surface area contributed by atoms with Gasteiger partial charge in [0.05, 0.1) is 37.0 Å². The van der Waals surface area contributed by atoms with Crippen LogP contribution in [-0.4, -0.2) is 73.5 Å². The van der Waals surface area contributed by atoms with Gasteiger partial charge in [-0.1, -0.05) is 0 Å². The number of pyridine rings is 1. The minimum atomic E-state index is -1.50. The Morgan fingerprint density at radius 1 is 1.17 bits per heavy atom. The van der Waals surface area contributed by atoms with Crippen LogP contribution in [0.4, 0.5) is 24.5 Å². The van der Waals surface area contributed by atoms with Crippen LogP contribution >= 0.6 is 0 Å².